The van der Waals surface area contributed by atoms with Gasteiger partial charge in [0.15, 0.2) is 0 Å². The topological polar surface area (TPSA) is 96.0 Å². The summed E-state index contributed by atoms with van der Waals surface area (Å²) in [5, 5.41) is 3.46. The molecular formula is C31H38ClN3O5S. The highest BCUT2D eigenvalue weighted by Crippen LogP contribution is 2.23. The van der Waals surface area contributed by atoms with E-state index in [1.54, 1.807) is 42.5 Å². The molecule has 220 valence electrons. The van der Waals surface area contributed by atoms with Crippen LogP contribution in [0, 0.1) is 0 Å². The molecule has 1 atom stereocenters. The number of amides is 2. The molecule has 2 amide bonds. The summed E-state index contributed by atoms with van der Waals surface area (Å²) in [6, 6.07) is 22.1. The van der Waals surface area contributed by atoms with Gasteiger partial charge in [0, 0.05) is 24.5 Å². The summed E-state index contributed by atoms with van der Waals surface area (Å²) >= 11 is 6.24. The fraction of sp³-hybridized carbons (Fsp3) is 0.355. The van der Waals surface area contributed by atoms with Gasteiger partial charge in [0.1, 0.15) is 18.3 Å². The van der Waals surface area contributed by atoms with Crippen molar-refractivity contribution in [2.75, 3.05) is 30.3 Å². The second-order valence-corrected chi connectivity index (χ2v) is 12.0. The molecule has 0 heterocycles. The second kappa shape index (κ2) is 15.4. The lowest BCUT2D eigenvalue weighted by Gasteiger charge is -2.33. The average Bonchev–Trinajstić information content (AvgIpc) is 2.94. The third kappa shape index (κ3) is 9.79. The van der Waals surface area contributed by atoms with Gasteiger partial charge in [0.05, 0.1) is 18.6 Å². The van der Waals surface area contributed by atoms with E-state index in [2.05, 4.69) is 5.32 Å². The third-order valence-corrected chi connectivity index (χ3v) is 7.83. The highest BCUT2D eigenvalue weighted by molar-refractivity contribution is 7.92. The van der Waals surface area contributed by atoms with Crippen LogP contribution < -0.4 is 14.4 Å². The summed E-state index contributed by atoms with van der Waals surface area (Å²) in [5.41, 5.74) is 1.91. The minimum Gasteiger partial charge on any atom is -0.494 e. The molecule has 0 aliphatic rings. The van der Waals surface area contributed by atoms with E-state index >= 15 is 0 Å². The van der Waals surface area contributed by atoms with Crippen LogP contribution in [-0.4, -0.2) is 57.1 Å². The van der Waals surface area contributed by atoms with Gasteiger partial charge in [-0.1, -0.05) is 67.4 Å². The zero-order valence-electron chi connectivity index (χ0n) is 23.8. The van der Waals surface area contributed by atoms with Crippen molar-refractivity contribution in [2.24, 2.45) is 0 Å². The summed E-state index contributed by atoms with van der Waals surface area (Å²) in [6.45, 7) is 4.41. The van der Waals surface area contributed by atoms with Crippen molar-refractivity contribution in [3.05, 3.63) is 95.0 Å². The molecule has 0 aliphatic heterocycles. The lowest BCUT2D eigenvalue weighted by molar-refractivity contribution is -0.140. The van der Waals surface area contributed by atoms with Crippen LogP contribution >= 0.6 is 11.6 Å². The smallest absolute Gasteiger partial charge is 0.244 e. The predicted molar refractivity (Wildman–Crippen MR) is 164 cm³/mol. The van der Waals surface area contributed by atoms with Gasteiger partial charge in [0.2, 0.25) is 21.8 Å². The standard InChI is InChI=1S/C31H38ClN3O5S/c1-4-6-19-33-31(37)29(21-24-11-8-7-9-12-24)34(22-25-13-10-14-26(32)20-25)30(36)23-35(41(3,38)39)27-15-17-28(18-16-27)40-5-2/h7-18,20,29H,4-6,19,21-23H2,1-3H3,(H,33,37)/t29-/m1/s1. The number of benzene rings is 3. The maximum absolute atomic E-state index is 14.1. The van der Waals surface area contributed by atoms with Crippen molar-refractivity contribution in [1.82, 2.24) is 10.2 Å². The van der Waals surface area contributed by atoms with Gasteiger partial charge >= 0.3 is 0 Å². The van der Waals surface area contributed by atoms with Crippen molar-refractivity contribution in [3.8, 4) is 5.75 Å². The number of unbranched alkanes of at least 4 members (excludes halogenated alkanes) is 1. The number of rotatable bonds is 15. The van der Waals surface area contributed by atoms with Crippen molar-refractivity contribution in [2.45, 2.75) is 45.7 Å². The molecule has 10 heteroatoms. The first-order chi connectivity index (χ1) is 19.6. The molecule has 41 heavy (non-hydrogen) atoms. The first-order valence-corrected chi connectivity index (χ1v) is 15.9. The van der Waals surface area contributed by atoms with Gasteiger partial charge in [0.25, 0.3) is 0 Å². The van der Waals surface area contributed by atoms with Crippen LogP contribution in [0.25, 0.3) is 0 Å². The van der Waals surface area contributed by atoms with Gasteiger partial charge in [-0.25, -0.2) is 8.42 Å². The lowest BCUT2D eigenvalue weighted by Crippen LogP contribution is -2.53. The van der Waals surface area contributed by atoms with Gasteiger partial charge in [-0.3, -0.25) is 13.9 Å². The molecule has 0 aliphatic carbocycles. The quantitative estimate of drug-likeness (QED) is 0.246. The van der Waals surface area contributed by atoms with E-state index in [1.807, 2.05) is 50.2 Å². The Labute approximate surface area is 248 Å². The molecule has 0 saturated carbocycles. The third-order valence-electron chi connectivity index (χ3n) is 6.46. The van der Waals surface area contributed by atoms with E-state index in [9.17, 15) is 18.0 Å². The first-order valence-electron chi connectivity index (χ1n) is 13.7. The summed E-state index contributed by atoms with van der Waals surface area (Å²) in [7, 11) is -3.85. The molecule has 0 spiro atoms. The zero-order valence-corrected chi connectivity index (χ0v) is 25.3. The Hall–Kier alpha value is -3.56. The second-order valence-electron chi connectivity index (χ2n) is 9.70. The summed E-state index contributed by atoms with van der Waals surface area (Å²) in [4.78, 5) is 29.1. The lowest BCUT2D eigenvalue weighted by atomic mass is 10.0. The normalized spacial score (nSPS) is 11.9. The SMILES string of the molecule is CCCCNC(=O)[C@@H](Cc1ccccc1)N(Cc1cccc(Cl)c1)C(=O)CN(c1ccc(OCC)cc1)S(C)(=O)=O. The number of anilines is 1. The molecule has 1 N–H and O–H groups in total. The van der Waals surface area contributed by atoms with Crippen molar-refractivity contribution < 1.29 is 22.7 Å². The van der Waals surface area contributed by atoms with Gasteiger partial charge in [-0.05, 0) is 60.9 Å². The Balaban J connectivity index is 2.01. The average molecular weight is 600 g/mol. The maximum atomic E-state index is 14.1. The fourth-order valence-corrected chi connectivity index (χ4v) is 5.44. The van der Waals surface area contributed by atoms with E-state index in [-0.39, 0.29) is 18.9 Å². The Morgan fingerprint density at radius 3 is 2.24 bits per heavy atom. The molecule has 8 nitrogen and oxygen atoms in total. The maximum Gasteiger partial charge on any atom is 0.244 e. The molecule has 0 aromatic heterocycles. The minimum absolute atomic E-state index is 0.0684. The number of nitrogens with zero attached hydrogens (tertiary/aromatic N) is 2. The highest BCUT2D eigenvalue weighted by atomic mass is 35.5. The fourth-order valence-electron chi connectivity index (χ4n) is 4.38. The van der Waals surface area contributed by atoms with Gasteiger partial charge < -0.3 is 15.0 Å². The number of ether oxygens (including phenoxy) is 1. The van der Waals surface area contributed by atoms with E-state index < -0.39 is 28.5 Å². The van der Waals surface area contributed by atoms with Crippen LogP contribution in [0.1, 0.15) is 37.8 Å². The van der Waals surface area contributed by atoms with Crippen LogP contribution in [-0.2, 0) is 32.6 Å². The van der Waals surface area contributed by atoms with Crippen LogP contribution in [0.4, 0.5) is 5.69 Å². The molecule has 0 unspecified atom stereocenters. The van der Waals surface area contributed by atoms with Crippen LogP contribution in [0.5, 0.6) is 5.75 Å². The summed E-state index contributed by atoms with van der Waals surface area (Å²) in [5.74, 6) is -0.231. The van der Waals surface area contributed by atoms with E-state index in [1.165, 1.54) is 4.90 Å². The predicted octanol–water partition coefficient (Wildman–Crippen LogP) is 5.06. The Kier molecular flexibility index (Phi) is 12.0. The van der Waals surface area contributed by atoms with Crippen LogP contribution in [0.2, 0.25) is 5.02 Å². The monoisotopic (exact) mass is 599 g/mol. The Morgan fingerprint density at radius 1 is 0.951 bits per heavy atom. The Bertz CT molecular complexity index is 1380. The molecule has 0 fully saturated rings. The molecule has 0 bridgehead atoms. The number of carbonyl (C=O) groups excluding carboxylic acids is 2. The number of halogens is 1. The van der Waals surface area contributed by atoms with Crippen LogP contribution in [0.15, 0.2) is 78.9 Å². The minimum atomic E-state index is -3.85. The number of hydrogen-bond acceptors (Lipinski definition) is 5. The number of nitrogens with one attached hydrogen (secondary N) is 1. The summed E-state index contributed by atoms with van der Waals surface area (Å²) < 4.78 is 32.3. The summed E-state index contributed by atoms with van der Waals surface area (Å²) in [6.07, 6.45) is 3.01. The van der Waals surface area contributed by atoms with E-state index in [0.717, 1.165) is 34.5 Å². The number of carbonyl (C=O) groups is 2. The van der Waals surface area contributed by atoms with E-state index in [4.69, 9.17) is 16.3 Å². The molecule has 0 saturated heterocycles. The van der Waals surface area contributed by atoms with Crippen molar-refractivity contribution in [3.63, 3.8) is 0 Å². The molecule has 3 aromatic rings. The van der Waals surface area contributed by atoms with Gasteiger partial charge in [-0.15, -0.1) is 0 Å². The van der Waals surface area contributed by atoms with Gasteiger partial charge in [-0.2, -0.15) is 0 Å². The molecular weight excluding hydrogens is 562 g/mol. The largest absolute Gasteiger partial charge is 0.494 e. The molecule has 3 rings (SSSR count). The zero-order chi connectivity index (χ0) is 29.8. The van der Waals surface area contributed by atoms with Crippen molar-refractivity contribution in [1.29, 1.82) is 0 Å². The molecule has 3 aromatic carbocycles. The first kappa shape index (κ1) is 32.0. The Morgan fingerprint density at radius 2 is 1.63 bits per heavy atom. The molecule has 0 radical (unpaired) electrons. The number of sulfonamides is 1. The van der Waals surface area contributed by atoms with E-state index in [0.29, 0.717) is 29.6 Å². The van der Waals surface area contributed by atoms with Crippen LogP contribution in [0.3, 0.4) is 0 Å². The highest BCUT2D eigenvalue weighted by Gasteiger charge is 2.33. The number of hydrogen-bond donors (Lipinski definition) is 1. The van der Waals surface area contributed by atoms with Crippen molar-refractivity contribution >= 4 is 39.1 Å².